The molecule has 0 bridgehead atoms. The second kappa shape index (κ2) is 7.31. The molecule has 0 spiro atoms. The van der Waals surface area contributed by atoms with Crippen LogP contribution in [0.25, 0.3) is 0 Å². The number of rotatable bonds is 7. The van der Waals surface area contributed by atoms with E-state index in [-0.39, 0.29) is 0 Å². The summed E-state index contributed by atoms with van der Waals surface area (Å²) in [4.78, 5) is 0. The summed E-state index contributed by atoms with van der Waals surface area (Å²) in [5.74, 6) is 6.19. The van der Waals surface area contributed by atoms with Gasteiger partial charge < -0.3 is 5.11 Å². The summed E-state index contributed by atoms with van der Waals surface area (Å²) >= 11 is 0. The number of aryl methyl sites for hydroxylation is 2. The summed E-state index contributed by atoms with van der Waals surface area (Å²) in [7, 11) is 0. The molecule has 1 aliphatic rings. The first-order valence-corrected chi connectivity index (χ1v) is 8.34. The molecule has 1 atom stereocenters. The lowest BCUT2D eigenvalue weighted by molar-refractivity contribution is 0.219. The van der Waals surface area contributed by atoms with E-state index < -0.39 is 6.10 Å². The first-order valence-electron chi connectivity index (χ1n) is 8.34. The molecule has 1 N–H and O–H groups in total. The van der Waals surface area contributed by atoms with E-state index in [1.54, 1.807) is 0 Å². The fraction of sp³-hybridized carbons (Fsp3) is 0.273. The molecule has 1 aliphatic carbocycles. The summed E-state index contributed by atoms with van der Waals surface area (Å²) < 4.78 is 0. The van der Waals surface area contributed by atoms with E-state index in [2.05, 4.69) is 43.0 Å². The topological polar surface area (TPSA) is 20.2 Å². The maximum Gasteiger partial charge on any atom is 0.113 e. The molecule has 2 aromatic carbocycles. The van der Waals surface area contributed by atoms with E-state index in [9.17, 15) is 5.11 Å². The van der Waals surface area contributed by atoms with Gasteiger partial charge >= 0.3 is 0 Å². The SMILES string of the molecule is CCCc1ccccc1CCC1=C([C@@H](O)c2ccccc2)C#C1. The molecular weight excluding hydrogens is 280 g/mol. The summed E-state index contributed by atoms with van der Waals surface area (Å²) in [5.41, 5.74) is 5.76. The van der Waals surface area contributed by atoms with Crippen LogP contribution in [0.3, 0.4) is 0 Å². The first-order chi connectivity index (χ1) is 11.3. The lowest BCUT2D eigenvalue weighted by Gasteiger charge is -2.18. The van der Waals surface area contributed by atoms with Crippen molar-refractivity contribution in [3.63, 3.8) is 0 Å². The predicted molar refractivity (Wildman–Crippen MR) is 95.0 cm³/mol. The van der Waals surface area contributed by atoms with Crippen molar-refractivity contribution in [1.29, 1.82) is 0 Å². The van der Waals surface area contributed by atoms with Crippen LogP contribution in [-0.4, -0.2) is 5.11 Å². The van der Waals surface area contributed by atoms with Crippen LogP contribution in [0.4, 0.5) is 0 Å². The largest absolute Gasteiger partial charge is 0.383 e. The van der Waals surface area contributed by atoms with Crippen LogP contribution in [0.5, 0.6) is 0 Å². The number of aliphatic hydroxyl groups excluding tert-OH is 1. The summed E-state index contributed by atoms with van der Waals surface area (Å²) in [5, 5.41) is 10.5. The monoisotopic (exact) mass is 302 g/mol. The van der Waals surface area contributed by atoms with Crippen LogP contribution >= 0.6 is 0 Å². The number of benzene rings is 2. The van der Waals surface area contributed by atoms with Crippen molar-refractivity contribution in [2.24, 2.45) is 0 Å². The second-order valence-electron chi connectivity index (χ2n) is 5.97. The maximum absolute atomic E-state index is 10.5. The molecule has 0 unspecified atom stereocenters. The molecule has 0 saturated carbocycles. The number of hydrogen-bond donors (Lipinski definition) is 1. The second-order valence-corrected chi connectivity index (χ2v) is 5.97. The van der Waals surface area contributed by atoms with E-state index in [4.69, 9.17) is 0 Å². The molecule has 1 heteroatoms. The smallest absolute Gasteiger partial charge is 0.113 e. The Balaban J connectivity index is 1.69. The Bertz CT molecular complexity index is 759. The summed E-state index contributed by atoms with van der Waals surface area (Å²) in [6.07, 6.45) is 3.61. The molecule has 1 nitrogen and oxygen atoms in total. The zero-order valence-corrected chi connectivity index (χ0v) is 13.5. The van der Waals surface area contributed by atoms with Gasteiger partial charge in [0.15, 0.2) is 0 Å². The van der Waals surface area contributed by atoms with E-state index in [1.807, 2.05) is 30.3 Å². The van der Waals surface area contributed by atoms with Crippen molar-refractivity contribution in [3.8, 4) is 11.8 Å². The Morgan fingerprint density at radius 2 is 1.48 bits per heavy atom. The average Bonchev–Trinajstić information content (AvgIpc) is 2.56. The molecule has 0 fully saturated rings. The van der Waals surface area contributed by atoms with Crippen molar-refractivity contribution >= 4 is 0 Å². The minimum absolute atomic E-state index is 0.585. The molecule has 3 rings (SSSR count). The molecule has 0 heterocycles. The molecule has 116 valence electrons. The van der Waals surface area contributed by atoms with Gasteiger partial charge in [-0.3, -0.25) is 0 Å². The fourth-order valence-corrected chi connectivity index (χ4v) is 3.03. The van der Waals surface area contributed by atoms with Gasteiger partial charge in [0.25, 0.3) is 0 Å². The third kappa shape index (κ3) is 3.55. The fourth-order valence-electron chi connectivity index (χ4n) is 3.03. The number of hydrogen-bond acceptors (Lipinski definition) is 1. The molecule has 0 aliphatic heterocycles. The normalized spacial score (nSPS) is 14.0. The van der Waals surface area contributed by atoms with Crippen LogP contribution < -0.4 is 0 Å². The predicted octanol–water partition coefficient (Wildman–Crippen LogP) is 4.62. The van der Waals surface area contributed by atoms with Gasteiger partial charge in [-0.15, -0.1) is 0 Å². The van der Waals surface area contributed by atoms with Crippen LogP contribution in [0.2, 0.25) is 0 Å². The van der Waals surface area contributed by atoms with Crippen LogP contribution in [0, 0.1) is 11.8 Å². The Kier molecular flexibility index (Phi) is 4.95. The average molecular weight is 302 g/mol. The zero-order valence-electron chi connectivity index (χ0n) is 13.5. The minimum Gasteiger partial charge on any atom is -0.383 e. The Morgan fingerprint density at radius 1 is 0.826 bits per heavy atom. The van der Waals surface area contributed by atoms with E-state index in [1.165, 1.54) is 11.1 Å². The van der Waals surface area contributed by atoms with Crippen LogP contribution in [0.15, 0.2) is 65.7 Å². The third-order valence-electron chi connectivity index (χ3n) is 4.34. The van der Waals surface area contributed by atoms with Gasteiger partial charge in [-0.25, -0.2) is 0 Å². The van der Waals surface area contributed by atoms with Crippen molar-refractivity contribution in [2.75, 3.05) is 0 Å². The molecule has 0 aromatic heterocycles. The van der Waals surface area contributed by atoms with Gasteiger partial charge in [0, 0.05) is 11.1 Å². The summed E-state index contributed by atoms with van der Waals surface area (Å²) in [6.45, 7) is 2.21. The first kappa shape index (κ1) is 15.6. The highest BCUT2D eigenvalue weighted by Gasteiger charge is 2.20. The molecular formula is C22H22O. The van der Waals surface area contributed by atoms with Crippen LogP contribution in [0.1, 0.15) is 42.6 Å². The zero-order chi connectivity index (χ0) is 16.1. The van der Waals surface area contributed by atoms with Crippen molar-refractivity contribution < 1.29 is 5.11 Å². The van der Waals surface area contributed by atoms with Gasteiger partial charge in [0.1, 0.15) is 6.10 Å². The lowest BCUT2D eigenvalue weighted by Crippen LogP contribution is -2.09. The highest BCUT2D eigenvalue weighted by Crippen LogP contribution is 2.30. The molecule has 0 radical (unpaired) electrons. The lowest BCUT2D eigenvalue weighted by atomic mass is 9.88. The van der Waals surface area contributed by atoms with Crippen molar-refractivity contribution in [1.82, 2.24) is 0 Å². The van der Waals surface area contributed by atoms with E-state index in [0.717, 1.165) is 42.4 Å². The highest BCUT2D eigenvalue weighted by atomic mass is 16.3. The van der Waals surface area contributed by atoms with Gasteiger partial charge in [-0.2, -0.15) is 0 Å². The van der Waals surface area contributed by atoms with E-state index in [0.29, 0.717) is 0 Å². The molecule has 2 aromatic rings. The van der Waals surface area contributed by atoms with Gasteiger partial charge in [-0.05, 0) is 36.0 Å². The Hall–Kier alpha value is -2.30. The Labute approximate surface area is 138 Å². The maximum atomic E-state index is 10.5. The van der Waals surface area contributed by atoms with Gasteiger partial charge in [0.05, 0.1) is 0 Å². The Morgan fingerprint density at radius 3 is 2.09 bits per heavy atom. The van der Waals surface area contributed by atoms with Crippen molar-refractivity contribution in [2.45, 2.75) is 38.7 Å². The summed E-state index contributed by atoms with van der Waals surface area (Å²) in [6, 6.07) is 18.4. The van der Waals surface area contributed by atoms with Crippen LogP contribution in [-0.2, 0) is 12.8 Å². The quantitative estimate of drug-likeness (QED) is 0.740. The minimum atomic E-state index is -0.585. The molecule has 0 saturated heterocycles. The van der Waals surface area contributed by atoms with Crippen molar-refractivity contribution in [3.05, 3.63) is 82.4 Å². The molecule has 23 heavy (non-hydrogen) atoms. The number of aliphatic hydroxyl groups is 1. The van der Waals surface area contributed by atoms with E-state index >= 15 is 0 Å². The molecule has 0 amide bonds. The standard InChI is InChI=1S/C22H22O/c1-2-8-17-9-6-7-10-18(17)13-14-19-15-16-21(19)22(23)20-11-4-3-5-12-20/h3-7,9-12,22-23H,2,8,13-14H2,1H3/t22-/m0/s1. The number of allylic oxidation sites excluding steroid dienone is 1. The third-order valence-corrected chi connectivity index (χ3v) is 4.34. The van der Waals surface area contributed by atoms with Gasteiger partial charge in [0.2, 0.25) is 0 Å². The van der Waals surface area contributed by atoms with Gasteiger partial charge in [-0.1, -0.05) is 79.8 Å². The highest BCUT2D eigenvalue weighted by molar-refractivity contribution is 5.57.